The van der Waals surface area contributed by atoms with E-state index in [-0.39, 0.29) is 0 Å². The topological polar surface area (TPSA) is 12.0 Å². The lowest BCUT2D eigenvalue weighted by Gasteiger charge is -2.13. The maximum absolute atomic E-state index is 3.60. The fourth-order valence-electron chi connectivity index (χ4n) is 3.13. The smallest absolute Gasteiger partial charge is 0.00174 e. The highest BCUT2D eigenvalue weighted by Gasteiger charge is 2.04. The minimum absolute atomic E-state index is 0.564. The van der Waals surface area contributed by atoms with Gasteiger partial charge in [0.05, 0.1) is 0 Å². The van der Waals surface area contributed by atoms with Crippen molar-refractivity contribution in [3.63, 3.8) is 0 Å². The summed E-state index contributed by atoms with van der Waals surface area (Å²) in [6.07, 6.45) is 2.31. The van der Waals surface area contributed by atoms with E-state index in [1.165, 1.54) is 28.3 Å². The first-order chi connectivity index (χ1) is 11.3. The number of fused-ring (bicyclic) bond motifs is 1. The van der Waals surface area contributed by atoms with Crippen LogP contribution in [0.3, 0.4) is 0 Å². The monoisotopic (exact) mass is 303 g/mol. The largest absolute Gasteiger partial charge is 0.316 e. The summed E-state index contributed by atoms with van der Waals surface area (Å²) in [6, 6.07) is 26.0. The van der Waals surface area contributed by atoms with Crippen LogP contribution in [-0.4, -0.2) is 13.1 Å². The van der Waals surface area contributed by atoms with E-state index < -0.39 is 0 Å². The molecule has 118 valence electrons. The third-order valence-corrected chi connectivity index (χ3v) is 4.50. The molecule has 0 saturated heterocycles. The molecule has 1 N–H and O–H groups in total. The van der Waals surface area contributed by atoms with E-state index in [9.17, 15) is 0 Å². The van der Waals surface area contributed by atoms with Gasteiger partial charge in [0, 0.05) is 6.54 Å². The number of nitrogens with one attached hydrogen (secondary N) is 1. The summed E-state index contributed by atoms with van der Waals surface area (Å²) in [4.78, 5) is 0. The lowest BCUT2D eigenvalue weighted by molar-refractivity contribution is 0.596. The van der Waals surface area contributed by atoms with Gasteiger partial charge < -0.3 is 5.32 Å². The number of benzene rings is 3. The van der Waals surface area contributed by atoms with E-state index in [1.54, 1.807) is 0 Å². The molecule has 3 aromatic rings. The molecule has 0 heterocycles. The van der Waals surface area contributed by atoms with Gasteiger partial charge in [-0.05, 0) is 47.2 Å². The van der Waals surface area contributed by atoms with Crippen molar-refractivity contribution in [2.45, 2.75) is 25.7 Å². The average molecular weight is 303 g/mol. The first-order valence-electron chi connectivity index (χ1n) is 8.57. The fourth-order valence-corrected chi connectivity index (χ4v) is 3.13. The Morgan fingerprint density at radius 1 is 0.826 bits per heavy atom. The highest BCUT2D eigenvalue weighted by Crippen LogP contribution is 2.19. The van der Waals surface area contributed by atoms with Crippen LogP contribution in [0.4, 0.5) is 0 Å². The van der Waals surface area contributed by atoms with Crippen LogP contribution in [-0.2, 0) is 6.42 Å². The average Bonchev–Trinajstić information content (AvgIpc) is 2.62. The maximum atomic E-state index is 3.60. The zero-order valence-electron chi connectivity index (χ0n) is 13.8. The van der Waals surface area contributed by atoms with Crippen molar-refractivity contribution in [3.8, 4) is 0 Å². The molecule has 0 fully saturated rings. The number of rotatable bonds is 7. The zero-order chi connectivity index (χ0) is 15.9. The second-order valence-electron chi connectivity index (χ2n) is 6.26. The first-order valence-corrected chi connectivity index (χ1v) is 8.57. The van der Waals surface area contributed by atoms with Crippen LogP contribution in [0.25, 0.3) is 10.8 Å². The summed E-state index contributed by atoms with van der Waals surface area (Å²) in [7, 11) is 0. The molecule has 3 aromatic carbocycles. The van der Waals surface area contributed by atoms with Crippen LogP contribution in [0.2, 0.25) is 0 Å². The van der Waals surface area contributed by atoms with E-state index in [1.807, 2.05) is 0 Å². The minimum atomic E-state index is 0.564. The van der Waals surface area contributed by atoms with E-state index in [0.29, 0.717) is 5.92 Å². The van der Waals surface area contributed by atoms with Gasteiger partial charge in [-0.3, -0.25) is 0 Å². The molecule has 1 heteroatoms. The molecule has 0 aliphatic heterocycles. The molecule has 0 saturated carbocycles. The van der Waals surface area contributed by atoms with E-state index >= 15 is 0 Å². The molecular weight excluding hydrogens is 278 g/mol. The van der Waals surface area contributed by atoms with E-state index in [2.05, 4.69) is 85.0 Å². The molecule has 0 bridgehead atoms. The number of hydrogen-bond acceptors (Lipinski definition) is 1. The Kier molecular flexibility index (Phi) is 5.44. The van der Waals surface area contributed by atoms with Gasteiger partial charge in [-0.25, -0.2) is 0 Å². The van der Waals surface area contributed by atoms with Crippen molar-refractivity contribution >= 4 is 10.8 Å². The molecule has 1 atom stereocenters. The van der Waals surface area contributed by atoms with E-state index in [0.717, 1.165) is 19.5 Å². The summed E-state index contributed by atoms with van der Waals surface area (Å²) in [5.74, 6) is 0.564. The highest BCUT2D eigenvalue weighted by molar-refractivity contribution is 5.85. The lowest BCUT2D eigenvalue weighted by atomic mass is 10.0. The lowest BCUT2D eigenvalue weighted by Crippen LogP contribution is -2.21. The Balaban J connectivity index is 1.46. The van der Waals surface area contributed by atoms with Crippen molar-refractivity contribution in [1.82, 2.24) is 5.32 Å². The number of hydrogen-bond donors (Lipinski definition) is 1. The van der Waals surface area contributed by atoms with Crippen molar-refractivity contribution < 1.29 is 0 Å². The summed E-state index contributed by atoms with van der Waals surface area (Å²) >= 11 is 0. The van der Waals surface area contributed by atoms with Gasteiger partial charge in [-0.2, -0.15) is 0 Å². The minimum Gasteiger partial charge on any atom is -0.316 e. The molecule has 0 aromatic heterocycles. The number of aryl methyl sites for hydroxylation is 1. The van der Waals surface area contributed by atoms with Gasteiger partial charge >= 0.3 is 0 Å². The van der Waals surface area contributed by atoms with Crippen LogP contribution < -0.4 is 5.32 Å². The van der Waals surface area contributed by atoms with Gasteiger partial charge in [0.15, 0.2) is 0 Å². The molecule has 0 radical (unpaired) electrons. The van der Waals surface area contributed by atoms with Crippen molar-refractivity contribution in [2.75, 3.05) is 13.1 Å². The van der Waals surface area contributed by atoms with Crippen LogP contribution in [0.1, 0.15) is 30.4 Å². The molecule has 3 rings (SSSR count). The third kappa shape index (κ3) is 4.20. The predicted octanol–water partition coefficient (Wildman–Crippen LogP) is 5.17. The molecule has 1 nitrogen and oxygen atoms in total. The van der Waals surface area contributed by atoms with Gasteiger partial charge in [0.2, 0.25) is 0 Å². The normalized spacial score (nSPS) is 12.4. The second-order valence-corrected chi connectivity index (χ2v) is 6.26. The Morgan fingerprint density at radius 2 is 1.57 bits per heavy atom. The van der Waals surface area contributed by atoms with Crippen LogP contribution in [0, 0.1) is 0 Å². The zero-order valence-corrected chi connectivity index (χ0v) is 13.8. The Bertz CT molecular complexity index is 728. The Hall–Kier alpha value is -2.12. The summed E-state index contributed by atoms with van der Waals surface area (Å²) in [6.45, 7) is 4.40. The van der Waals surface area contributed by atoms with Gasteiger partial charge in [-0.15, -0.1) is 0 Å². The quantitative estimate of drug-likeness (QED) is 0.594. The molecule has 0 aliphatic carbocycles. The molecule has 0 spiro atoms. The van der Waals surface area contributed by atoms with Gasteiger partial charge in [0.1, 0.15) is 0 Å². The first kappa shape index (κ1) is 15.8. The Morgan fingerprint density at radius 3 is 2.43 bits per heavy atom. The van der Waals surface area contributed by atoms with Gasteiger partial charge in [-0.1, -0.05) is 79.7 Å². The molecule has 0 aliphatic rings. The summed E-state index contributed by atoms with van der Waals surface area (Å²) < 4.78 is 0. The molecule has 23 heavy (non-hydrogen) atoms. The predicted molar refractivity (Wildman–Crippen MR) is 100.0 cm³/mol. The van der Waals surface area contributed by atoms with Crippen molar-refractivity contribution in [1.29, 1.82) is 0 Å². The van der Waals surface area contributed by atoms with Crippen LogP contribution in [0.15, 0.2) is 72.8 Å². The maximum Gasteiger partial charge on any atom is 0.00174 e. The molecule has 1 unspecified atom stereocenters. The fraction of sp³-hybridized carbons (Fsp3) is 0.273. The van der Waals surface area contributed by atoms with Crippen LogP contribution in [0.5, 0.6) is 0 Å². The standard InChI is InChI=1S/C22H25N/c1-18(19-9-3-2-4-10-19)17-23-16-8-14-21-13-7-12-20-11-5-6-15-22(20)21/h2-7,9-13,15,18,23H,8,14,16-17H2,1H3. The van der Waals surface area contributed by atoms with E-state index in [4.69, 9.17) is 0 Å². The van der Waals surface area contributed by atoms with Crippen molar-refractivity contribution in [2.24, 2.45) is 0 Å². The summed E-state index contributed by atoms with van der Waals surface area (Å²) in [5, 5.41) is 6.34. The SMILES string of the molecule is CC(CNCCCc1cccc2ccccc12)c1ccccc1. The Labute approximate surface area is 139 Å². The molecule has 0 amide bonds. The third-order valence-electron chi connectivity index (χ3n) is 4.50. The summed E-state index contributed by atoms with van der Waals surface area (Å²) in [5.41, 5.74) is 2.87. The molecular formula is C22H25N. The second kappa shape index (κ2) is 7.94. The van der Waals surface area contributed by atoms with Gasteiger partial charge in [0.25, 0.3) is 0 Å². The van der Waals surface area contributed by atoms with Crippen molar-refractivity contribution in [3.05, 3.63) is 83.9 Å². The van der Waals surface area contributed by atoms with Crippen LogP contribution >= 0.6 is 0 Å². The highest BCUT2D eigenvalue weighted by atomic mass is 14.8.